The van der Waals surface area contributed by atoms with Crippen LogP contribution in [0.25, 0.3) is 5.65 Å². The van der Waals surface area contributed by atoms with Crippen molar-refractivity contribution >= 4 is 28.1 Å². The molecule has 0 unspecified atom stereocenters. The number of amides is 1. The average molecular weight is 423 g/mol. The zero-order valence-corrected chi connectivity index (χ0v) is 17.6. The predicted molar refractivity (Wildman–Crippen MR) is 117 cm³/mol. The second-order valence-electron chi connectivity index (χ2n) is 6.68. The van der Waals surface area contributed by atoms with Crippen LogP contribution < -0.4 is 5.32 Å². The first-order chi connectivity index (χ1) is 14.3. The minimum absolute atomic E-state index is 0.194. The van der Waals surface area contributed by atoms with Crippen LogP contribution in [0.1, 0.15) is 29.8 Å². The lowest BCUT2D eigenvalue weighted by Gasteiger charge is -2.09. The molecule has 0 bridgehead atoms. The van der Waals surface area contributed by atoms with Crippen LogP contribution in [0.15, 0.2) is 87.6 Å². The Morgan fingerprint density at radius 1 is 1.20 bits per heavy atom. The lowest BCUT2D eigenvalue weighted by molar-refractivity contribution is 0.0950. The molecule has 3 rings (SSSR count). The Bertz CT molecular complexity index is 1250. The largest absolute Gasteiger partial charge is 0.348 e. The van der Waals surface area contributed by atoms with Crippen molar-refractivity contribution in [2.75, 3.05) is 0 Å². The second-order valence-corrected chi connectivity index (χ2v) is 8.77. The fraction of sp³-hybridized carbons (Fsp3) is 0.136. The van der Waals surface area contributed by atoms with E-state index >= 15 is 0 Å². The highest BCUT2D eigenvalue weighted by Gasteiger charge is 2.18. The quantitative estimate of drug-likeness (QED) is 0.465. The maximum Gasteiger partial charge on any atom is 0.253 e. The summed E-state index contributed by atoms with van der Waals surface area (Å²) in [5, 5.41) is 2.84. The molecule has 0 saturated carbocycles. The molecule has 0 aliphatic carbocycles. The van der Waals surface area contributed by atoms with Crippen LogP contribution >= 0.6 is 0 Å². The number of rotatable bonds is 7. The van der Waals surface area contributed by atoms with Crippen LogP contribution in [0, 0.1) is 0 Å². The number of pyridine rings is 1. The summed E-state index contributed by atoms with van der Waals surface area (Å²) in [5.41, 5.74) is 2.66. The summed E-state index contributed by atoms with van der Waals surface area (Å²) in [7, 11) is -3.60. The van der Waals surface area contributed by atoms with E-state index in [1.165, 1.54) is 6.20 Å². The van der Waals surface area contributed by atoms with Crippen LogP contribution in [-0.4, -0.2) is 30.4 Å². The fourth-order valence-corrected chi connectivity index (χ4v) is 4.14. The van der Waals surface area contributed by atoms with E-state index in [0.29, 0.717) is 11.1 Å². The molecule has 1 aromatic carbocycles. The van der Waals surface area contributed by atoms with Crippen molar-refractivity contribution in [1.29, 1.82) is 0 Å². The van der Waals surface area contributed by atoms with E-state index in [0.717, 1.165) is 11.2 Å². The van der Waals surface area contributed by atoms with E-state index in [1.54, 1.807) is 79.3 Å². The number of carbonyl (C=O) groups excluding carboxylic acids is 1. The molecule has 1 N–H and O–H groups in total. The van der Waals surface area contributed by atoms with Crippen molar-refractivity contribution in [1.82, 2.24) is 14.7 Å². The molecule has 2 heterocycles. The smallest absolute Gasteiger partial charge is 0.253 e. The molecule has 7 nitrogen and oxygen atoms in total. The van der Waals surface area contributed by atoms with Gasteiger partial charge in [-0.25, -0.2) is 13.4 Å². The van der Waals surface area contributed by atoms with Crippen molar-refractivity contribution in [2.45, 2.75) is 25.3 Å². The lowest BCUT2D eigenvalue weighted by atomic mass is 10.2. The van der Waals surface area contributed by atoms with Crippen LogP contribution in [0.3, 0.4) is 0 Å². The Hall–Kier alpha value is -3.52. The van der Waals surface area contributed by atoms with E-state index in [1.807, 2.05) is 0 Å². The van der Waals surface area contributed by atoms with Gasteiger partial charge in [0.1, 0.15) is 5.65 Å². The van der Waals surface area contributed by atoms with Crippen LogP contribution in [0.2, 0.25) is 0 Å². The summed E-state index contributed by atoms with van der Waals surface area (Å²) in [5.74, 6) is -0.223. The van der Waals surface area contributed by atoms with Gasteiger partial charge < -0.3 is 9.72 Å². The van der Waals surface area contributed by atoms with Gasteiger partial charge in [-0.2, -0.15) is 0 Å². The van der Waals surface area contributed by atoms with Crippen molar-refractivity contribution < 1.29 is 13.2 Å². The second kappa shape index (κ2) is 8.87. The van der Waals surface area contributed by atoms with Crippen molar-refractivity contribution in [3.05, 3.63) is 88.9 Å². The number of sulfone groups is 1. The van der Waals surface area contributed by atoms with Gasteiger partial charge in [0.15, 0.2) is 0 Å². The maximum atomic E-state index is 12.8. The Morgan fingerprint density at radius 3 is 2.63 bits per heavy atom. The Morgan fingerprint density at radius 2 is 1.93 bits per heavy atom. The summed E-state index contributed by atoms with van der Waals surface area (Å²) in [6, 6.07) is 9.95. The van der Waals surface area contributed by atoms with Gasteiger partial charge in [0.05, 0.1) is 10.5 Å². The topological polar surface area (TPSA) is 92.9 Å². The van der Waals surface area contributed by atoms with Crippen LogP contribution in [0.5, 0.6) is 0 Å². The van der Waals surface area contributed by atoms with E-state index in [9.17, 15) is 13.2 Å². The first kappa shape index (κ1) is 21.2. The molecular weight excluding hydrogens is 400 g/mol. The molecule has 0 aliphatic heterocycles. The van der Waals surface area contributed by atoms with Crippen molar-refractivity contribution in [2.24, 2.45) is 4.99 Å². The van der Waals surface area contributed by atoms with Crippen LogP contribution in [-0.2, 0) is 16.4 Å². The summed E-state index contributed by atoms with van der Waals surface area (Å²) >= 11 is 0. The SMILES string of the molecule is C=N/C=C\C(C)=C(/C)S(=O)(=O)c1ccc(CNC(=O)c2ccc3nccn3c2)cc1. The number of imidazole rings is 1. The normalized spacial score (nSPS) is 12.7. The van der Waals surface area contributed by atoms with E-state index in [4.69, 9.17) is 0 Å². The minimum atomic E-state index is -3.60. The number of allylic oxidation sites excluding steroid dienone is 3. The van der Waals surface area contributed by atoms with Gasteiger partial charge in [-0.15, -0.1) is 0 Å². The molecule has 0 aliphatic rings. The van der Waals surface area contributed by atoms with E-state index in [2.05, 4.69) is 22.0 Å². The number of nitrogens with zero attached hydrogens (tertiary/aromatic N) is 3. The summed E-state index contributed by atoms with van der Waals surface area (Å²) in [6.45, 7) is 6.89. The molecule has 154 valence electrons. The molecule has 30 heavy (non-hydrogen) atoms. The Kier molecular flexibility index (Phi) is 6.27. The summed E-state index contributed by atoms with van der Waals surface area (Å²) in [6.07, 6.45) is 8.20. The number of fused-ring (bicyclic) bond motifs is 1. The first-order valence-corrected chi connectivity index (χ1v) is 10.7. The number of aliphatic imine (C=N–C) groups is 1. The molecule has 0 fully saturated rings. The summed E-state index contributed by atoms with van der Waals surface area (Å²) in [4.78, 5) is 20.6. The number of hydrogen-bond acceptors (Lipinski definition) is 5. The Labute approximate surface area is 175 Å². The van der Waals surface area contributed by atoms with Gasteiger partial charge in [0, 0.05) is 36.2 Å². The Balaban J connectivity index is 1.70. The van der Waals surface area contributed by atoms with Crippen LogP contribution in [0.4, 0.5) is 0 Å². The number of benzene rings is 1. The third-order valence-electron chi connectivity index (χ3n) is 4.73. The molecule has 0 saturated heterocycles. The van der Waals surface area contributed by atoms with Gasteiger partial charge in [-0.05, 0) is 62.0 Å². The predicted octanol–water partition coefficient (Wildman–Crippen LogP) is 3.55. The zero-order valence-electron chi connectivity index (χ0n) is 16.7. The van der Waals surface area contributed by atoms with E-state index < -0.39 is 9.84 Å². The van der Waals surface area contributed by atoms with Crippen molar-refractivity contribution in [3.8, 4) is 0 Å². The monoisotopic (exact) mass is 422 g/mol. The standard InChI is InChI=1S/C22H22N4O3S/c1-16(10-11-23-3)17(2)30(28,29)20-7-4-18(5-8-20)14-25-22(27)19-6-9-21-24-12-13-26(21)15-19/h4-13,15H,3,14H2,1-2H3,(H,25,27)/b11-10-,17-16+. The average Bonchev–Trinajstić information content (AvgIpc) is 3.23. The molecule has 0 atom stereocenters. The third-order valence-corrected chi connectivity index (χ3v) is 6.75. The lowest BCUT2D eigenvalue weighted by Crippen LogP contribution is -2.23. The van der Waals surface area contributed by atoms with E-state index in [-0.39, 0.29) is 22.3 Å². The fourth-order valence-electron chi connectivity index (χ4n) is 2.80. The molecule has 1 amide bonds. The minimum Gasteiger partial charge on any atom is -0.348 e. The molecular formula is C22H22N4O3S. The van der Waals surface area contributed by atoms with Gasteiger partial charge in [-0.1, -0.05) is 12.1 Å². The number of hydrogen-bond donors (Lipinski definition) is 1. The number of aromatic nitrogens is 2. The molecule has 3 aromatic rings. The van der Waals surface area contributed by atoms with Gasteiger partial charge >= 0.3 is 0 Å². The molecule has 0 radical (unpaired) electrons. The van der Waals surface area contributed by atoms with Gasteiger partial charge in [-0.3, -0.25) is 9.79 Å². The number of nitrogens with one attached hydrogen (secondary N) is 1. The summed E-state index contributed by atoms with van der Waals surface area (Å²) < 4.78 is 27.3. The highest BCUT2D eigenvalue weighted by molar-refractivity contribution is 7.95. The van der Waals surface area contributed by atoms with Crippen molar-refractivity contribution in [3.63, 3.8) is 0 Å². The molecule has 8 heteroatoms. The maximum absolute atomic E-state index is 12.8. The van der Waals surface area contributed by atoms with Gasteiger partial charge in [0.2, 0.25) is 9.84 Å². The molecule has 2 aromatic heterocycles. The first-order valence-electron chi connectivity index (χ1n) is 9.18. The zero-order chi connectivity index (χ0) is 21.7. The third kappa shape index (κ3) is 4.55. The highest BCUT2D eigenvalue weighted by atomic mass is 32.2. The highest BCUT2D eigenvalue weighted by Crippen LogP contribution is 2.22. The van der Waals surface area contributed by atoms with Gasteiger partial charge in [0.25, 0.3) is 5.91 Å². The number of carbonyl (C=O) groups is 1. The molecule has 0 spiro atoms.